The summed E-state index contributed by atoms with van der Waals surface area (Å²) in [5.41, 5.74) is 2.71. The first-order valence-corrected chi connectivity index (χ1v) is 10.9. The van der Waals surface area contributed by atoms with Gasteiger partial charge in [-0.05, 0) is 67.8 Å². The summed E-state index contributed by atoms with van der Waals surface area (Å²) < 4.78 is 34.3. The van der Waals surface area contributed by atoms with Gasteiger partial charge in [-0.2, -0.15) is 0 Å². The molecule has 2 aromatic rings. The molecule has 1 N–H and O–H groups in total. The second-order valence-electron chi connectivity index (χ2n) is 6.90. The number of sulfonamides is 1. The van der Waals surface area contributed by atoms with E-state index in [0.717, 1.165) is 29.5 Å². The number of thiophene rings is 1. The minimum Gasteiger partial charge on any atom is -0.381 e. The molecule has 0 atom stereocenters. The lowest BCUT2D eigenvalue weighted by molar-refractivity contribution is 0.0529. The molecular formula is C19H25NO3S2. The lowest BCUT2D eigenvalue weighted by Gasteiger charge is -2.36. The van der Waals surface area contributed by atoms with Crippen molar-refractivity contribution in [3.63, 3.8) is 0 Å². The highest BCUT2D eigenvalue weighted by Crippen LogP contribution is 2.37. The van der Waals surface area contributed by atoms with Crippen molar-refractivity contribution in [3.8, 4) is 0 Å². The normalized spacial score (nSPS) is 17.6. The predicted octanol–water partition coefficient (Wildman–Crippen LogP) is 3.70. The van der Waals surface area contributed by atoms with E-state index in [9.17, 15) is 8.42 Å². The second-order valence-corrected chi connectivity index (χ2v) is 9.58. The molecule has 2 heterocycles. The van der Waals surface area contributed by atoms with E-state index in [1.165, 1.54) is 4.88 Å². The summed E-state index contributed by atoms with van der Waals surface area (Å²) in [6.07, 6.45) is 1.67. The molecule has 1 saturated heterocycles. The molecule has 0 aliphatic carbocycles. The maximum atomic E-state index is 12.9. The number of benzene rings is 1. The summed E-state index contributed by atoms with van der Waals surface area (Å²) in [4.78, 5) is 1.61. The molecule has 1 aromatic heterocycles. The highest BCUT2D eigenvalue weighted by molar-refractivity contribution is 7.89. The highest BCUT2D eigenvalue weighted by Gasteiger charge is 2.36. The van der Waals surface area contributed by atoms with Gasteiger partial charge in [-0.25, -0.2) is 13.1 Å². The number of hydrogen-bond acceptors (Lipinski definition) is 4. The van der Waals surface area contributed by atoms with Crippen LogP contribution in [0.2, 0.25) is 0 Å². The minimum atomic E-state index is -3.54. The third-order valence-electron chi connectivity index (χ3n) is 5.18. The van der Waals surface area contributed by atoms with E-state index in [4.69, 9.17) is 4.74 Å². The van der Waals surface area contributed by atoms with E-state index in [0.29, 0.717) is 24.7 Å². The Balaban J connectivity index is 1.87. The van der Waals surface area contributed by atoms with Gasteiger partial charge < -0.3 is 4.74 Å². The van der Waals surface area contributed by atoms with Gasteiger partial charge in [0, 0.05) is 30.1 Å². The molecular weight excluding hydrogens is 354 g/mol. The zero-order valence-corrected chi connectivity index (χ0v) is 16.6. The number of hydrogen-bond donors (Lipinski definition) is 1. The average molecular weight is 380 g/mol. The Labute approximate surface area is 154 Å². The van der Waals surface area contributed by atoms with Gasteiger partial charge in [-0.15, -0.1) is 11.3 Å². The van der Waals surface area contributed by atoms with Crippen LogP contribution < -0.4 is 4.72 Å². The van der Waals surface area contributed by atoms with Crippen molar-refractivity contribution in [2.45, 2.75) is 43.9 Å². The van der Waals surface area contributed by atoms with Gasteiger partial charge in [0.1, 0.15) is 0 Å². The standard InChI is InChI=1S/C19H25NO3S2/c1-14-11-16(3)17(12-15(14)2)25(21,22)20-13-19(6-8-23-9-7-19)18-5-4-10-24-18/h4-5,10-12,20H,6-9,13H2,1-3H3. The summed E-state index contributed by atoms with van der Waals surface area (Å²) in [5, 5.41) is 2.05. The summed E-state index contributed by atoms with van der Waals surface area (Å²) in [6.45, 7) is 7.54. The molecule has 6 heteroatoms. The molecule has 1 fully saturated rings. The van der Waals surface area contributed by atoms with E-state index in [1.54, 1.807) is 17.4 Å². The van der Waals surface area contributed by atoms with Gasteiger partial charge in [-0.1, -0.05) is 12.1 Å². The maximum absolute atomic E-state index is 12.9. The van der Waals surface area contributed by atoms with Crippen molar-refractivity contribution >= 4 is 21.4 Å². The smallest absolute Gasteiger partial charge is 0.240 e. The Hall–Kier alpha value is -1.21. The van der Waals surface area contributed by atoms with Gasteiger partial charge in [-0.3, -0.25) is 0 Å². The lowest BCUT2D eigenvalue weighted by atomic mass is 9.79. The average Bonchev–Trinajstić information content (AvgIpc) is 3.12. The SMILES string of the molecule is Cc1cc(C)c(S(=O)(=O)NCC2(c3cccs3)CCOCC2)cc1C. The van der Waals surface area contributed by atoms with Crippen LogP contribution in [-0.4, -0.2) is 28.2 Å². The van der Waals surface area contributed by atoms with E-state index < -0.39 is 10.0 Å². The fourth-order valence-corrected chi connectivity index (χ4v) is 5.81. The van der Waals surface area contributed by atoms with Gasteiger partial charge in [0.15, 0.2) is 0 Å². The number of aryl methyl sites for hydroxylation is 3. The van der Waals surface area contributed by atoms with E-state index in [1.807, 2.05) is 32.9 Å². The minimum absolute atomic E-state index is 0.173. The van der Waals surface area contributed by atoms with E-state index in [-0.39, 0.29) is 5.41 Å². The first kappa shape index (κ1) is 18.6. The Kier molecular flexibility index (Phi) is 5.34. The van der Waals surface area contributed by atoms with Crippen molar-refractivity contribution in [1.82, 2.24) is 4.72 Å². The quantitative estimate of drug-likeness (QED) is 0.862. The Morgan fingerprint density at radius 3 is 2.44 bits per heavy atom. The van der Waals surface area contributed by atoms with Crippen LogP contribution in [0.3, 0.4) is 0 Å². The van der Waals surface area contributed by atoms with Crippen LogP contribution in [0.1, 0.15) is 34.4 Å². The Morgan fingerprint density at radius 1 is 1.12 bits per heavy atom. The van der Waals surface area contributed by atoms with Crippen LogP contribution in [0.4, 0.5) is 0 Å². The Bertz CT molecular complexity index is 836. The van der Waals surface area contributed by atoms with Gasteiger partial charge in [0.25, 0.3) is 0 Å². The maximum Gasteiger partial charge on any atom is 0.240 e. The van der Waals surface area contributed by atoms with E-state index >= 15 is 0 Å². The molecule has 0 bridgehead atoms. The lowest BCUT2D eigenvalue weighted by Crippen LogP contribution is -2.44. The summed E-state index contributed by atoms with van der Waals surface area (Å²) in [5.74, 6) is 0. The molecule has 3 rings (SSSR count). The molecule has 0 unspecified atom stereocenters. The molecule has 0 saturated carbocycles. The predicted molar refractivity (Wildman–Crippen MR) is 102 cm³/mol. The van der Waals surface area contributed by atoms with Gasteiger partial charge >= 0.3 is 0 Å². The van der Waals surface area contributed by atoms with Gasteiger partial charge in [0.2, 0.25) is 10.0 Å². The zero-order chi connectivity index (χ0) is 18.1. The Morgan fingerprint density at radius 2 is 1.80 bits per heavy atom. The third-order valence-corrected chi connectivity index (χ3v) is 7.83. The van der Waals surface area contributed by atoms with Crippen LogP contribution in [-0.2, 0) is 20.2 Å². The largest absolute Gasteiger partial charge is 0.381 e. The molecule has 1 aromatic carbocycles. The topological polar surface area (TPSA) is 55.4 Å². The van der Waals surface area contributed by atoms with Gasteiger partial charge in [0.05, 0.1) is 4.90 Å². The van der Waals surface area contributed by atoms with Crippen molar-refractivity contribution < 1.29 is 13.2 Å². The fraction of sp³-hybridized carbons (Fsp3) is 0.474. The second kappa shape index (κ2) is 7.19. The molecule has 1 aliphatic heterocycles. The van der Waals surface area contributed by atoms with Crippen LogP contribution in [0.15, 0.2) is 34.5 Å². The number of rotatable bonds is 5. The summed E-state index contributed by atoms with van der Waals surface area (Å²) in [6, 6.07) is 7.84. The highest BCUT2D eigenvalue weighted by atomic mass is 32.2. The number of nitrogens with one attached hydrogen (secondary N) is 1. The van der Waals surface area contributed by atoms with E-state index in [2.05, 4.69) is 16.2 Å². The first-order valence-electron chi connectivity index (χ1n) is 8.53. The van der Waals surface area contributed by atoms with Crippen molar-refractivity contribution in [3.05, 3.63) is 51.2 Å². The van der Waals surface area contributed by atoms with Crippen LogP contribution in [0, 0.1) is 20.8 Å². The summed E-state index contributed by atoms with van der Waals surface area (Å²) >= 11 is 1.69. The van der Waals surface area contributed by atoms with Crippen LogP contribution in [0.5, 0.6) is 0 Å². The molecule has 136 valence electrons. The summed E-state index contributed by atoms with van der Waals surface area (Å²) in [7, 11) is -3.54. The molecule has 1 aliphatic rings. The first-order chi connectivity index (χ1) is 11.8. The van der Waals surface area contributed by atoms with Crippen LogP contribution in [0.25, 0.3) is 0 Å². The van der Waals surface area contributed by atoms with Crippen LogP contribution >= 0.6 is 11.3 Å². The molecule has 4 nitrogen and oxygen atoms in total. The third kappa shape index (κ3) is 3.82. The number of ether oxygens (including phenoxy) is 1. The molecule has 0 amide bonds. The monoisotopic (exact) mass is 379 g/mol. The van der Waals surface area contributed by atoms with Crippen molar-refractivity contribution in [2.24, 2.45) is 0 Å². The zero-order valence-electron chi connectivity index (χ0n) is 15.0. The molecule has 25 heavy (non-hydrogen) atoms. The molecule has 0 radical (unpaired) electrons. The molecule has 0 spiro atoms. The van der Waals surface area contributed by atoms with Crippen molar-refractivity contribution in [1.29, 1.82) is 0 Å². The fourth-order valence-electron chi connectivity index (χ4n) is 3.39. The van der Waals surface area contributed by atoms with Crippen molar-refractivity contribution in [2.75, 3.05) is 19.8 Å².